The van der Waals surface area contributed by atoms with Crippen LogP contribution in [-0.2, 0) is 0 Å². The van der Waals surface area contributed by atoms with Gasteiger partial charge in [0.05, 0.1) is 17.8 Å². The molecule has 1 saturated heterocycles. The number of thiocarbonyl (C=S) groups is 1. The van der Waals surface area contributed by atoms with Crippen LogP contribution in [-0.4, -0.2) is 14.7 Å². The van der Waals surface area contributed by atoms with Gasteiger partial charge in [-0.3, -0.25) is 4.98 Å². The molecule has 2 aromatic heterocycles. The van der Waals surface area contributed by atoms with Crippen LogP contribution in [0.3, 0.4) is 0 Å². The number of aryl methyl sites for hydroxylation is 1. The molecule has 1 aliphatic heterocycles. The van der Waals surface area contributed by atoms with Crippen molar-refractivity contribution in [1.82, 2.24) is 14.9 Å². The van der Waals surface area contributed by atoms with Crippen LogP contribution < -0.4 is 10.2 Å². The second-order valence-corrected chi connectivity index (χ2v) is 8.50. The summed E-state index contributed by atoms with van der Waals surface area (Å²) in [6, 6.07) is 20.3. The van der Waals surface area contributed by atoms with Crippen LogP contribution >= 0.6 is 12.2 Å². The van der Waals surface area contributed by atoms with E-state index in [-0.39, 0.29) is 23.7 Å². The van der Waals surface area contributed by atoms with E-state index >= 15 is 0 Å². The molecule has 3 heterocycles. The molecule has 0 radical (unpaired) electrons. The number of nitrogens with zero attached hydrogens (tertiary/aromatic N) is 3. The molecule has 4 aromatic rings. The summed E-state index contributed by atoms with van der Waals surface area (Å²) < 4.78 is 29.7. The molecule has 7 heteroatoms. The van der Waals surface area contributed by atoms with Crippen molar-refractivity contribution in [3.05, 3.63) is 113 Å². The Hall–Kier alpha value is -3.58. The molecule has 1 fully saturated rings. The SMILES string of the molecule is Cc1cc(C2C(c3ccccn3)NC(=S)N2c2ccc(F)cc2)c(C)n1-c1cccc(F)c1. The maximum atomic E-state index is 14.0. The van der Waals surface area contributed by atoms with Crippen LogP contribution in [0.4, 0.5) is 14.5 Å². The average molecular weight is 461 g/mol. The Morgan fingerprint density at radius 1 is 0.879 bits per heavy atom. The number of rotatable bonds is 4. The summed E-state index contributed by atoms with van der Waals surface area (Å²) in [6.45, 7) is 4.02. The minimum atomic E-state index is -0.307. The van der Waals surface area contributed by atoms with Gasteiger partial charge in [-0.2, -0.15) is 0 Å². The summed E-state index contributed by atoms with van der Waals surface area (Å²) >= 11 is 5.74. The Kier molecular flexibility index (Phi) is 5.42. The van der Waals surface area contributed by atoms with E-state index in [1.165, 1.54) is 24.3 Å². The average Bonchev–Trinajstić information content (AvgIpc) is 3.30. The van der Waals surface area contributed by atoms with E-state index in [9.17, 15) is 8.78 Å². The first-order valence-corrected chi connectivity index (χ1v) is 11.1. The minimum absolute atomic E-state index is 0.217. The second kappa shape index (κ2) is 8.41. The molecular weight excluding hydrogens is 438 g/mol. The predicted molar refractivity (Wildman–Crippen MR) is 130 cm³/mol. The fourth-order valence-electron chi connectivity index (χ4n) is 4.65. The Morgan fingerprint density at radius 3 is 2.36 bits per heavy atom. The minimum Gasteiger partial charge on any atom is -0.351 e. The zero-order valence-electron chi connectivity index (χ0n) is 18.2. The van der Waals surface area contributed by atoms with E-state index < -0.39 is 0 Å². The van der Waals surface area contributed by atoms with Crippen LogP contribution in [0, 0.1) is 25.5 Å². The van der Waals surface area contributed by atoms with Crippen molar-refractivity contribution in [2.45, 2.75) is 25.9 Å². The van der Waals surface area contributed by atoms with Gasteiger partial charge in [0.25, 0.3) is 0 Å². The van der Waals surface area contributed by atoms with Crippen molar-refractivity contribution >= 4 is 23.0 Å². The molecule has 2 unspecified atom stereocenters. The molecule has 166 valence electrons. The van der Waals surface area contributed by atoms with E-state index in [1.807, 2.05) is 47.6 Å². The van der Waals surface area contributed by atoms with Crippen molar-refractivity contribution in [2.75, 3.05) is 4.90 Å². The largest absolute Gasteiger partial charge is 0.351 e. The first-order valence-electron chi connectivity index (χ1n) is 10.6. The second-order valence-electron chi connectivity index (χ2n) is 8.11. The zero-order valence-corrected chi connectivity index (χ0v) is 19.0. The van der Waals surface area contributed by atoms with Gasteiger partial charge in [0, 0.05) is 29.0 Å². The monoisotopic (exact) mass is 460 g/mol. The molecule has 2 aromatic carbocycles. The third kappa shape index (κ3) is 3.78. The number of hydrogen-bond acceptors (Lipinski definition) is 2. The lowest BCUT2D eigenvalue weighted by molar-refractivity contribution is 0.565. The molecule has 0 bridgehead atoms. The van der Waals surface area contributed by atoms with Gasteiger partial charge in [0.1, 0.15) is 11.6 Å². The number of hydrogen-bond donors (Lipinski definition) is 1. The van der Waals surface area contributed by atoms with Gasteiger partial charge < -0.3 is 14.8 Å². The number of nitrogens with one attached hydrogen (secondary N) is 1. The highest BCUT2D eigenvalue weighted by atomic mass is 32.1. The van der Waals surface area contributed by atoms with Crippen LogP contribution in [0.2, 0.25) is 0 Å². The molecule has 5 rings (SSSR count). The third-order valence-corrected chi connectivity index (χ3v) is 6.37. The van der Waals surface area contributed by atoms with E-state index in [4.69, 9.17) is 12.2 Å². The van der Waals surface area contributed by atoms with Gasteiger partial charge in [-0.15, -0.1) is 0 Å². The van der Waals surface area contributed by atoms with Crippen LogP contribution in [0.15, 0.2) is 79.0 Å². The fraction of sp³-hybridized carbons (Fsp3) is 0.154. The van der Waals surface area contributed by atoms with Crippen LogP contribution in [0.25, 0.3) is 5.69 Å². The van der Waals surface area contributed by atoms with Gasteiger partial charge >= 0.3 is 0 Å². The van der Waals surface area contributed by atoms with Crippen LogP contribution in [0.5, 0.6) is 0 Å². The molecule has 0 aliphatic carbocycles. The van der Waals surface area contributed by atoms with Crippen molar-refractivity contribution in [3.63, 3.8) is 0 Å². The lowest BCUT2D eigenvalue weighted by Crippen LogP contribution is -2.29. The van der Waals surface area contributed by atoms with Gasteiger partial charge in [-0.1, -0.05) is 12.1 Å². The summed E-state index contributed by atoms with van der Waals surface area (Å²) in [7, 11) is 0. The Morgan fingerprint density at radius 2 is 1.67 bits per heavy atom. The molecule has 1 N–H and O–H groups in total. The van der Waals surface area contributed by atoms with E-state index in [0.29, 0.717) is 5.11 Å². The number of benzene rings is 2. The number of anilines is 1. The highest BCUT2D eigenvalue weighted by molar-refractivity contribution is 7.80. The zero-order chi connectivity index (χ0) is 23.1. The summed E-state index contributed by atoms with van der Waals surface area (Å²) in [5, 5.41) is 3.96. The van der Waals surface area contributed by atoms with Crippen molar-refractivity contribution < 1.29 is 8.78 Å². The Balaban J connectivity index is 1.68. The Bertz CT molecular complexity index is 1320. The highest BCUT2D eigenvalue weighted by Crippen LogP contribution is 2.43. The predicted octanol–water partition coefficient (Wildman–Crippen LogP) is 5.94. The molecular formula is C26H22F2N4S. The summed E-state index contributed by atoms with van der Waals surface area (Å²) in [6.07, 6.45) is 1.76. The van der Waals surface area contributed by atoms with Gasteiger partial charge in [-0.05, 0) is 92.3 Å². The summed E-state index contributed by atoms with van der Waals surface area (Å²) in [5.74, 6) is -0.594. The first-order chi connectivity index (χ1) is 15.9. The fourth-order valence-corrected chi connectivity index (χ4v) is 5.00. The topological polar surface area (TPSA) is 33.1 Å². The highest BCUT2D eigenvalue weighted by Gasteiger charge is 2.42. The van der Waals surface area contributed by atoms with E-state index in [2.05, 4.69) is 16.4 Å². The van der Waals surface area contributed by atoms with Gasteiger partial charge in [0.2, 0.25) is 0 Å². The smallest absolute Gasteiger partial charge is 0.174 e. The normalized spacial score (nSPS) is 17.9. The molecule has 0 saturated carbocycles. The lowest BCUT2D eigenvalue weighted by Gasteiger charge is -2.28. The Labute approximate surface area is 196 Å². The molecule has 1 aliphatic rings. The van der Waals surface area contributed by atoms with Crippen molar-refractivity contribution in [2.24, 2.45) is 0 Å². The summed E-state index contributed by atoms with van der Waals surface area (Å²) in [5.41, 5.74) is 5.38. The number of pyridine rings is 1. The molecule has 33 heavy (non-hydrogen) atoms. The standard InChI is InChI=1S/C26H22F2N4S/c1-16-14-22(17(2)31(16)21-7-5-6-19(28)15-21)25-24(23-8-3-4-13-29-23)30-26(33)32(25)20-11-9-18(27)10-12-20/h3-15,24-25H,1-2H3,(H,30,33). The number of aromatic nitrogens is 2. The maximum absolute atomic E-state index is 14.0. The van der Waals surface area contributed by atoms with Gasteiger partial charge in [-0.25, -0.2) is 8.78 Å². The maximum Gasteiger partial charge on any atom is 0.174 e. The lowest BCUT2D eigenvalue weighted by atomic mass is 9.96. The van der Waals surface area contributed by atoms with Gasteiger partial charge in [0.15, 0.2) is 5.11 Å². The molecule has 0 spiro atoms. The van der Waals surface area contributed by atoms with Crippen molar-refractivity contribution in [3.8, 4) is 5.69 Å². The summed E-state index contributed by atoms with van der Waals surface area (Å²) in [4.78, 5) is 6.58. The third-order valence-electron chi connectivity index (χ3n) is 6.06. The molecule has 0 amide bonds. The van der Waals surface area contributed by atoms with E-state index in [1.54, 1.807) is 24.4 Å². The number of halogens is 2. The van der Waals surface area contributed by atoms with Crippen LogP contribution in [0.1, 0.15) is 34.7 Å². The van der Waals surface area contributed by atoms with Crippen molar-refractivity contribution in [1.29, 1.82) is 0 Å². The molecule has 2 atom stereocenters. The van der Waals surface area contributed by atoms with E-state index in [0.717, 1.165) is 34.0 Å². The quantitative estimate of drug-likeness (QED) is 0.382. The first kappa shape index (κ1) is 21.3. The molecule has 4 nitrogen and oxygen atoms in total.